The van der Waals surface area contributed by atoms with Gasteiger partial charge in [-0.3, -0.25) is 9.69 Å². The van der Waals surface area contributed by atoms with Gasteiger partial charge in [0.05, 0.1) is 18.7 Å². The van der Waals surface area contributed by atoms with Crippen LogP contribution in [-0.2, 0) is 0 Å². The quantitative estimate of drug-likeness (QED) is 0.826. The zero-order chi connectivity index (χ0) is 19.1. The van der Waals surface area contributed by atoms with Gasteiger partial charge >= 0.3 is 0 Å². The van der Waals surface area contributed by atoms with Gasteiger partial charge in [0.1, 0.15) is 5.75 Å². The van der Waals surface area contributed by atoms with E-state index in [4.69, 9.17) is 4.74 Å². The smallest absolute Gasteiger partial charge is 0.255 e. The van der Waals surface area contributed by atoms with E-state index in [1.807, 2.05) is 18.2 Å². The maximum Gasteiger partial charge on any atom is 0.255 e. The zero-order valence-electron chi connectivity index (χ0n) is 16.4. The molecule has 4 nitrogen and oxygen atoms in total. The zero-order valence-corrected chi connectivity index (χ0v) is 16.4. The molecule has 0 radical (unpaired) electrons. The second-order valence-corrected chi connectivity index (χ2v) is 7.29. The monoisotopic (exact) mass is 366 g/mol. The van der Waals surface area contributed by atoms with Gasteiger partial charge in [-0.15, -0.1) is 0 Å². The van der Waals surface area contributed by atoms with Crippen molar-refractivity contribution >= 4 is 5.91 Å². The lowest BCUT2D eigenvalue weighted by Gasteiger charge is -2.31. The van der Waals surface area contributed by atoms with Crippen molar-refractivity contribution in [3.05, 3.63) is 65.2 Å². The highest BCUT2D eigenvalue weighted by Crippen LogP contribution is 2.25. The van der Waals surface area contributed by atoms with E-state index in [0.717, 1.165) is 13.1 Å². The number of nitrogens with zero attached hydrogens (tertiary/aromatic N) is 1. The molecule has 27 heavy (non-hydrogen) atoms. The minimum absolute atomic E-state index is 0.0839. The third-order valence-corrected chi connectivity index (χ3v) is 5.35. The van der Waals surface area contributed by atoms with Crippen LogP contribution in [0.2, 0.25) is 0 Å². The molecular weight excluding hydrogens is 336 g/mol. The van der Waals surface area contributed by atoms with Crippen molar-refractivity contribution in [1.29, 1.82) is 0 Å². The first-order valence-electron chi connectivity index (χ1n) is 9.91. The van der Waals surface area contributed by atoms with Crippen LogP contribution in [0.3, 0.4) is 0 Å². The summed E-state index contributed by atoms with van der Waals surface area (Å²) < 4.78 is 5.33. The van der Waals surface area contributed by atoms with Gasteiger partial charge in [0.15, 0.2) is 0 Å². The van der Waals surface area contributed by atoms with Crippen LogP contribution in [0.5, 0.6) is 5.75 Å². The molecule has 1 aliphatic rings. The molecule has 1 unspecified atom stereocenters. The Morgan fingerprint density at radius 3 is 2.37 bits per heavy atom. The summed E-state index contributed by atoms with van der Waals surface area (Å²) >= 11 is 0. The number of nitrogens with one attached hydrogen (secondary N) is 1. The van der Waals surface area contributed by atoms with Crippen LogP contribution in [0, 0.1) is 6.92 Å². The van der Waals surface area contributed by atoms with Gasteiger partial charge in [0.25, 0.3) is 5.91 Å². The topological polar surface area (TPSA) is 41.6 Å². The first-order chi connectivity index (χ1) is 13.2. The highest BCUT2D eigenvalue weighted by Gasteiger charge is 2.23. The molecule has 4 heteroatoms. The van der Waals surface area contributed by atoms with Crippen molar-refractivity contribution in [2.75, 3.05) is 26.7 Å². The predicted octanol–water partition coefficient (Wildman–Crippen LogP) is 4.35. The van der Waals surface area contributed by atoms with Gasteiger partial charge in [-0.05, 0) is 50.6 Å². The Hall–Kier alpha value is -2.33. The molecule has 1 N–H and O–H groups in total. The lowest BCUT2D eigenvalue weighted by molar-refractivity contribution is 0.0930. The second kappa shape index (κ2) is 9.56. The summed E-state index contributed by atoms with van der Waals surface area (Å²) in [7, 11) is 1.60. The number of likely N-dealkylation sites (tertiary alicyclic amines) is 1. The van der Waals surface area contributed by atoms with Crippen LogP contribution in [0.1, 0.15) is 53.2 Å². The summed E-state index contributed by atoms with van der Waals surface area (Å²) in [4.78, 5) is 15.3. The van der Waals surface area contributed by atoms with Crippen LogP contribution in [0.15, 0.2) is 48.5 Å². The van der Waals surface area contributed by atoms with E-state index >= 15 is 0 Å². The number of carbonyl (C=O) groups excluding carboxylic acids is 1. The minimum atomic E-state index is -0.0839. The fraction of sp³-hybridized carbons (Fsp3) is 0.435. The van der Waals surface area contributed by atoms with E-state index in [0.29, 0.717) is 17.9 Å². The van der Waals surface area contributed by atoms with Crippen molar-refractivity contribution in [2.45, 2.75) is 38.6 Å². The largest absolute Gasteiger partial charge is 0.496 e. The lowest BCUT2D eigenvalue weighted by Crippen LogP contribution is -2.38. The number of amides is 1. The SMILES string of the molecule is COc1ccccc1C(=O)NCC(c1ccc(C)cc1)N1CCCCCC1. The number of aryl methyl sites for hydroxylation is 1. The van der Waals surface area contributed by atoms with Gasteiger partial charge < -0.3 is 10.1 Å². The normalized spacial score (nSPS) is 16.4. The number of benzene rings is 2. The lowest BCUT2D eigenvalue weighted by atomic mass is 10.0. The highest BCUT2D eigenvalue weighted by atomic mass is 16.5. The summed E-state index contributed by atoms with van der Waals surface area (Å²) in [5.41, 5.74) is 3.10. The van der Waals surface area contributed by atoms with Gasteiger partial charge in [-0.2, -0.15) is 0 Å². The molecule has 0 aliphatic carbocycles. The first kappa shape index (κ1) is 19.4. The third-order valence-electron chi connectivity index (χ3n) is 5.35. The molecule has 1 heterocycles. The van der Waals surface area contributed by atoms with Gasteiger partial charge in [0, 0.05) is 6.54 Å². The fourth-order valence-electron chi connectivity index (χ4n) is 3.77. The van der Waals surface area contributed by atoms with Crippen LogP contribution in [0.4, 0.5) is 0 Å². The number of para-hydroxylation sites is 1. The maximum absolute atomic E-state index is 12.8. The molecular formula is C23H30N2O2. The van der Waals surface area contributed by atoms with E-state index in [2.05, 4.69) is 41.4 Å². The van der Waals surface area contributed by atoms with E-state index in [1.165, 1.54) is 36.8 Å². The molecule has 0 aromatic heterocycles. The Morgan fingerprint density at radius 1 is 1.04 bits per heavy atom. The number of hydrogen-bond donors (Lipinski definition) is 1. The average molecular weight is 367 g/mol. The Kier molecular flexibility index (Phi) is 6.88. The highest BCUT2D eigenvalue weighted by molar-refractivity contribution is 5.96. The molecule has 3 rings (SSSR count). The Balaban J connectivity index is 1.76. The molecule has 1 saturated heterocycles. The van der Waals surface area contributed by atoms with Gasteiger partial charge in [0.2, 0.25) is 0 Å². The van der Waals surface area contributed by atoms with Crippen molar-refractivity contribution in [3.63, 3.8) is 0 Å². The van der Waals surface area contributed by atoms with Crippen molar-refractivity contribution in [1.82, 2.24) is 10.2 Å². The Labute approximate surface area is 162 Å². The second-order valence-electron chi connectivity index (χ2n) is 7.29. The first-order valence-corrected chi connectivity index (χ1v) is 9.91. The molecule has 2 aromatic carbocycles. The van der Waals surface area contributed by atoms with Crippen molar-refractivity contribution < 1.29 is 9.53 Å². The summed E-state index contributed by atoms with van der Waals surface area (Å²) in [5.74, 6) is 0.524. The number of rotatable bonds is 6. The van der Waals surface area contributed by atoms with Gasteiger partial charge in [-0.25, -0.2) is 0 Å². The minimum Gasteiger partial charge on any atom is -0.496 e. The molecule has 144 valence electrons. The Morgan fingerprint density at radius 2 is 1.70 bits per heavy atom. The van der Waals surface area contributed by atoms with Crippen molar-refractivity contribution in [3.8, 4) is 5.75 Å². The van der Waals surface area contributed by atoms with Crippen LogP contribution in [0.25, 0.3) is 0 Å². The summed E-state index contributed by atoms with van der Waals surface area (Å²) in [6.07, 6.45) is 5.04. The number of ether oxygens (including phenoxy) is 1. The van der Waals surface area contributed by atoms with Crippen LogP contribution >= 0.6 is 0 Å². The molecule has 0 bridgehead atoms. The van der Waals surface area contributed by atoms with E-state index in [-0.39, 0.29) is 11.9 Å². The molecule has 1 fully saturated rings. The standard InChI is InChI=1S/C23H30N2O2/c1-18-11-13-19(14-12-18)21(25-15-7-3-4-8-16-25)17-24-23(26)20-9-5-6-10-22(20)27-2/h5-6,9-14,21H,3-4,7-8,15-17H2,1-2H3,(H,24,26). The van der Waals surface area contributed by atoms with Crippen LogP contribution < -0.4 is 10.1 Å². The van der Waals surface area contributed by atoms with E-state index in [9.17, 15) is 4.79 Å². The molecule has 1 aliphatic heterocycles. The maximum atomic E-state index is 12.8. The number of carbonyl (C=O) groups is 1. The van der Waals surface area contributed by atoms with Crippen LogP contribution in [-0.4, -0.2) is 37.6 Å². The third kappa shape index (κ3) is 5.10. The number of hydrogen-bond acceptors (Lipinski definition) is 3. The summed E-state index contributed by atoms with van der Waals surface area (Å²) in [6.45, 7) is 4.88. The predicted molar refractivity (Wildman–Crippen MR) is 109 cm³/mol. The average Bonchev–Trinajstić information content (AvgIpc) is 2.98. The van der Waals surface area contributed by atoms with E-state index in [1.54, 1.807) is 13.2 Å². The fourth-order valence-corrected chi connectivity index (χ4v) is 3.77. The van der Waals surface area contributed by atoms with Gasteiger partial charge in [-0.1, -0.05) is 54.8 Å². The Bertz CT molecular complexity index is 734. The number of methoxy groups -OCH3 is 1. The molecule has 2 aromatic rings. The molecule has 1 amide bonds. The molecule has 1 atom stereocenters. The molecule has 0 saturated carbocycles. The van der Waals surface area contributed by atoms with E-state index < -0.39 is 0 Å². The summed E-state index contributed by atoms with van der Waals surface area (Å²) in [6, 6.07) is 16.3. The summed E-state index contributed by atoms with van der Waals surface area (Å²) in [5, 5.41) is 3.14. The van der Waals surface area contributed by atoms with Crippen molar-refractivity contribution in [2.24, 2.45) is 0 Å². The molecule has 0 spiro atoms.